The second-order valence-corrected chi connectivity index (χ2v) is 7.95. The second-order valence-electron chi connectivity index (χ2n) is 7.95. The Balaban J connectivity index is 2.06. The van der Waals surface area contributed by atoms with E-state index in [-0.39, 0.29) is 35.2 Å². The topological polar surface area (TPSA) is 52.7 Å². The molecule has 0 radical (unpaired) electrons. The molecule has 136 valence electrons. The average molecular weight is 343 g/mol. The van der Waals surface area contributed by atoms with Crippen LogP contribution in [0.3, 0.4) is 0 Å². The fourth-order valence-electron chi connectivity index (χ4n) is 4.69. The highest BCUT2D eigenvalue weighted by molar-refractivity contribution is 5.80. The zero-order valence-electron chi connectivity index (χ0n) is 15.7. The first-order valence-corrected chi connectivity index (χ1v) is 9.17. The number of hydrogen-bond acceptors (Lipinski definition) is 3. The predicted molar refractivity (Wildman–Crippen MR) is 97.9 cm³/mol. The lowest BCUT2D eigenvalue weighted by Gasteiger charge is -2.44. The molecule has 2 aliphatic rings. The van der Waals surface area contributed by atoms with E-state index < -0.39 is 0 Å². The van der Waals surface area contributed by atoms with E-state index in [1.54, 1.807) is 6.92 Å². The molecule has 5 heteroatoms. The molecule has 3 atom stereocenters. The molecule has 2 heterocycles. The standard InChI is InChI=1S/C20H29N3O2/c1-14(2)19(25)23-13-20(21-15(3)24)12-22(4)11-10-17(20)18(23)16-8-6-5-7-9-16/h5-9,14,17-18H,10-13H2,1-4H3,(H,21,24)/t17-,18-,20-/m1/s1. The van der Waals surface area contributed by atoms with Crippen molar-refractivity contribution >= 4 is 11.8 Å². The number of benzene rings is 1. The highest BCUT2D eigenvalue weighted by atomic mass is 16.2. The van der Waals surface area contributed by atoms with Gasteiger partial charge < -0.3 is 15.1 Å². The van der Waals surface area contributed by atoms with Gasteiger partial charge in [0.15, 0.2) is 0 Å². The summed E-state index contributed by atoms with van der Waals surface area (Å²) in [5, 5.41) is 3.24. The summed E-state index contributed by atoms with van der Waals surface area (Å²) in [5.74, 6) is 0.317. The van der Waals surface area contributed by atoms with Gasteiger partial charge in [-0.1, -0.05) is 44.2 Å². The molecule has 0 saturated carbocycles. The van der Waals surface area contributed by atoms with Crippen molar-refractivity contribution in [2.75, 3.05) is 26.7 Å². The number of nitrogens with zero attached hydrogens (tertiary/aromatic N) is 2. The number of likely N-dealkylation sites (N-methyl/N-ethyl adjacent to an activating group) is 1. The number of amides is 2. The van der Waals surface area contributed by atoms with Crippen LogP contribution >= 0.6 is 0 Å². The second kappa shape index (κ2) is 6.79. The van der Waals surface area contributed by atoms with Crippen LogP contribution in [-0.2, 0) is 9.59 Å². The quantitative estimate of drug-likeness (QED) is 0.914. The number of nitrogens with one attached hydrogen (secondary N) is 1. The Bertz CT molecular complexity index is 646. The molecule has 0 unspecified atom stereocenters. The zero-order chi connectivity index (χ0) is 18.2. The normalized spacial score (nSPS) is 29.6. The molecule has 1 aromatic carbocycles. The summed E-state index contributed by atoms with van der Waals surface area (Å²) in [7, 11) is 2.09. The Hall–Kier alpha value is -1.88. The van der Waals surface area contributed by atoms with Gasteiger partial charge in [0.05, 0.1) is 11.6 Å². The number of rotatable bonds is 3. The molecule has 2 fully saturated rings. The molecule has 3 rings (SSSR count). The van der Waals surface area contributed by atoms with E-state index in [1.165, 1.54) is 5.56 Å². The van der Waals surface area contributed by atoms with Crippen molar-refractivity contribution in [2.24, 2.45) is 11.8 Å². The third-order valence-electron chi connectivity index (χ3n) is 5.60. The number of carbonyl (C=O) groups is 2. The molecule has 0 spiro atoms. The maximum Gasteiger partial charge on any atom is 0.225 e. The van der Waals surface area contributed by atoms with Crippen molar-refractivity contribution in [3.05, 3.63) is 35.9 Å². The molecule has 2 saturated heterocycles. The largest absolute Gasteiger partial charge is 0.347 e. The summed E-state index contributed by atoms with van der Waals surface area (Å²) in [5.41, 5.74) is 0.794. The van der Waals surface area contributed by atoms with E-state index in [0.717, 1.165) is 19.5 Å². The Labute approximate surface area is 150 Å². The summed E-state index contributed by atoms with van der Waals surface area (Å²) in [6.07, 6.45) is 0.970. The summed E-state index contributed by atoms with van der Waals surface area (Å²) in [6, 6.07) is 10.3. The van der Waals surface area contributed by atoms with Crippen LogP contribution in [0.4, 0.5) is 0 Å². The number of likely N-dealkylation sites (tertiary alicyclic amines) is 2. The first kappa shape index (κ1) is 17.9. The van der Waals surface area contributed by atoms with Crippen LogP contribution in [0.5, 0.6) is 0 Å². The molecule has 0 bridgehead atoms. The average Bonchev–Trinajstić information content (AvgIpc) is 2.87. The maximum atomic E-state index is 13.0. The lowest BCUT2D eigenvalue weighted by atomic mass is 9.76. The van der Waals surface area contributed by atoms with Crippen LogP contribution in [0.15, 0.2) is 30.3 Å². The van der Waals surface area contributed by atoms with Gasteiger partial charge in [0.2, 0.25) is 11.8 Å². The summed E-state index contributed by atoms with van der Waals surface area (Å²) in [6.45, 7) is 7.82. The van der Waals surface area contributed by atoms with E-state index >= 15 is 0 Å². The first-order chi connectivity index (χ1) is 11.8. The Morgan fingerprint density at radius 2 is 1.88 bits per heavy atom. The van der Waals surface area contributed by atoms with E-state index in [9.17, 15) is 9.59 Å². The fraction of sp³-hybridized carbons (Fsp3) is 0.600. The van der Waals surface area contributed by atoms with Crippen LogP contribution in [0.25, 0.3) is 0 Å². The number of fused-ring (bicyclic) bond motifs is 1. The maximum absolute atomic E-state index is 13.0. The molecule has 25 heavy (non-hydrogen) atoms. The van der Waals surface area contributed by atoms with Gasteiger partial charge in [-0.05, 0) is 25.6 Å². The minimum absolute atomic E-state index is 0.0223. The number of carbonyl (C=O) groups excluding carboxylic acids is 2. The molecule has 1 N–H and O–H groups in total. The molecule has 0 aromatic heterocycles. The van der Waals surface area contributed by atoms with Gasteiger partial charge in [0, 0.05) is 31.8 Å². The van der Waals surface area contributed by atoms with Crippen molar-refractivity contribution < 1.29 is 9.59 Å². The molecular formula is C20H29N3O2. The van der Waals surface area contributed by atoms with Crippen molar-refractivity contribution in [1.82, 2.24) is 15.1 Å². The van der Waals surface area contributed by atoms with E-state index in [1.807, 2.05) is 36.9 Å². The number of piperidine rings is 1. The van der Waals surface area contributed by atoms with Gasteiger partial charge in [0.25, 0.3) is 0 Å². The predicted octanol–water partition coefficient (Wildman–Crippen LogP) is 2.05. The van der Waals surface area contributed by atoms with Gasteiger partial charge >= 0.3 is 0 Å². The molecule has 1 aromatic rings. The Morgan fingerprint density at radius 3 is 2.48 bits per heavy atom. The monoisotopic (exact) mass is 343 g/mol. The third-order valence-corrected chi connectivity index (χ3v) is 5.60. The summed E-state index contributed by atoms with van der Waals surface area (Å²) in [4.78, 5) is 29.2. The lowest BCUT2D eigenvalue weighted by molar-refractivity contribution is -0.136. The van der Waals surface area contributed by atoms with Crippen molar-refractivity contribution in [3.8, 4) is 0 Å². The van der Waals surface area contributed by atoms with Gasteiger partial charge in [-0.25, -0.2) is 0 Å². The summed E-state index contributed by atoms with van der Waals surface area (Å²) >= 11 is 0. The van der Waals surface area contributed by atoms with Crippen LogP contribution in [0.1, 0.15) is 38.8 Å². The highest BCUT2D eigenvalue weighted by Crippen LogP contribution is 2.47. The van der Waals surface area contributed by atoms with Crippen LogP contribution in [0, 0.1) is 11.8 Å². The van der Waals surface area contributed by atoms with E-state index in [2.05, 4.69) is 29.4 Å². The minimum atomic E-state index is -0.371. The SMILES string of the molecule is CC(=O)N[C@@]12CN(C)CC[C@@H]1[C@@H](c1ccccc1)N(C(=O)C(C)C)C2. The minimum Gasteiger partial charge on any atom is -0.347 e. The summed E-state index contributed by atoms with van der Waals surface area (Å²) < 4.78 is 0. The fourth-order valence-corrected chi connectivity index (χ4v) is 4.69. The van der Waals surface area contributed by atoms with Crippen molar-refractivity contribution in [1.29, 1.82) is 0 Å². The van der Waals surface area contributed by atoms with Crippen LogP contribution in [-0.4, -0.2) is 53.8 Å². The van der Waals surface area contributed by atoms with Crippen molar-refractivity contribution in [3.63, 3.8) is 0 Å². The highest BCUT2D eigenvalue weighted by Gasteiger charge is 2.56. The lowest BCUT2D eigenvalue weighted by Crippen LogP contribution is -2.63. The molecule has 0 aliphatic carbocycles. The van der Waals surface area contributed by atoms with Crippen LogP contribution < -0.4 is 5.32 Å². The van der Waals surface area contributed by atoms with Gasteiger partial charge in [-0.15, -0.1) is 0 Å². The third kappa shape index (κ3) is 3.30. The van der Waals surface area contributed by atoms with Crippen LogP contribution in [0.2, 0.25) is 0 Å². The van der Waals surface area contributed by atoms with Gasteiger partial charge in [-0.3, -0.25) is 9.59 Å². The Morgan fingerprint density at radius 1 is 1.20 bits per heavy atom. The first-order valence-electron chi connectivity index (χ1n) is 9.17. The van der Waals surface area contributed by atoms with E-state index in [0.29, 0.717) is 6.54 Å². The van der Waals surface area contributed by atoms with Crippen molar-refractivity contribution in [2.45, 2.75) is 38.8 Å². The van der Waals surface area contributed by atoms with Gasteiger partial charge in [-0.2, -0.15) is 0 Å². The van der Waals surface area contributed by atoms with Gasteiger partial charge in [0.1, 0.15) is 0 Å². The molecule has 2 amide bonds. The smallest absolute Gasteiger partial charge is 0.225 e. The molecular weight excluding hydrogens is 314 g/mol. The number of hydrogen-bond donors (Lipinski definition) is 1. The Kier molecular flexibility index (Phi) is 4.87. The molecule has 2 aliphatic heterocycles. The zero-order valence-corrected chi connectivity index (χ0v) is 15.7. The molecule has 5 nitrogen and oxygen atoms in total. The van der Waals surface area contributed by atoms with E-state index in [4.69, 9.17) is 0 Å².